The van der Waals surface area contributed by atoms with Crippen LogP contribution >= 0.6 is 0 Å². The molecule has 33 heavy (non-hydrogen) atoms. The second kappa shape index (κ2) is 9.40. The molecule has 0 saturated carbocycles. The van der Waals surface area contributed by atoms with Crippen LogP contribution in [-0.2, 0) is 4.74 Å². The lowest BCUT2D eigenvalue weighted by Gasteiger charge is -2.17. The van der Waals surface area contributed by atoms with Gasteiger partial charge in [0.2, 0.25) is 0 Å². The first-order chi connectivity index (χ1) is 16.0. The van der Waals surface area contributed by atoms with Crippen molar-refractivity contribution in [2.45, 2.75) is 0 Å². The van der Waals surface area contributed by atoms with Crippen LogP contribution in [0.5, 0.6) is 5.75 Å². The molecular formula is C26H23N3O4. The van der Waals surface area contributed by atoms with Gasteiger partial charge in [0.25, 0.3) is 5.91 Å². The van der Waals surface area contributed by atoms with Gasteiger partial charge >= 0.3 is 5.97 Å². The molecule has 0 bridgehead atoms. The highest BCUT2D eigenvalue weighted by Crippen LogP contribution is 2.38. The summed E-state index contributed by atoms with van der Waals surface area (Å²) in [5, 5.41) is 6.81. The number of benzene rings is 3. The number of nitrogens with one attached hydrogen (secondary N) is 2. The summed E-state index contributed by atoms with van der Waals surface area (Å²) in [6, 6.07) is 20.5. The number of hydrogen-bond acceptors (Lipinski definition) is 6. The first-order valence-corrected chi connectivity index (χ1v) is 10.3. The minimum Gasteiger partial charge on any atom is -0.496 e. The number of pyridine rings is 1. The number of ether oxygens (including phenoxy) is 2. The Labute approximate surface area is 191 Å². The number of nitrogens with zero attached hydrogens (tertiary/aromatic N) is 1. The van der Waals surface area contributed by atoms with Crippen molar-refractivity contribution in [3.8, 4) is 16.9 Å². The van der Waals surface area contributed by atoms with Gasteiger partial charge in [0.1, 0.15) is 5.75 Å². The van der Waals surface area contributed by atoms with E-state index in [1.54, 1.807) is 32.5 Å². The lowest BCUT2D eigenvalue weighted by Crippen LogP contribution is -2.19. The molecule has 4 rings (SSSR count). The Balaban J connectivity index is 1.92. The molecule has 2 N–H and O–H groups in total. The summed E-state index contributed by atoms with van der Waals surface area (Å²) in [4.78, 5) is 28.9. The number of carbonyl (C=O) groups is 2. The van der Waals surface area contributed by atoms with Gasteiger partial charge in [0.05, 0.1) is 36.6 Å². The van der Waals surface area contributed by atoms with Gasteiger partial charge in [-0.05, 0) is 35.9 Å². The summed E-state index contributed by atoms with van der Waals surface area (Å²) in [6.45, 7) is 0. The minimum absolute atomic E-state index is 0.248. The molecule has 1 heterocycles. The van der Waals surface area contributed by atoms with E-state index in [2.05, 4.69) is 15.6 Å². The van der Waals surface area contributed by atoms with Crippen LogP contribution in [0.25, 0.3) is 22.0 Å². The molecule has 7 heteroatoms. The van der Waals surface area contributed by atoms with Crippen molar-refractivity contribution in [1.29, 1.82) is 0 Å². The molecular weight excluding hydrogens is 418 g/mol. The molecule has 0 atom stereocenters. The highest BCUT2D eigenvalue weighted by Gasteiger charge is 2.18. The fourth-order valence-corrected chi connectivity index (χ4v) is 3.63. The van der Waals surface area contributed by atoms with Crippen molar-refractivity contribution in [2.75, 3.05) is 26.6 Å². The molecule has 0 radical (unpaired) electrons. The van der Waals surface area contributed by atoms with Crippen LogP contribution in [-0.4, -0.2) is 38.1 Å². The zero-order valence-electron chi connectivity index (χ0n) is 18.5. The molecule has 0 saturated heterocycles. The van der Waals surface area contributed by atoms with E-state index in [0.717, 1.165) is 22.2 Å². The third-order valence-corrected chi connectivity index (χ3v) is 5.32. The standard InChI is InChI=1S/C26H23N3O4/c1-27-25(30)21-15-28-22-14-23(32-2)19(16-9-11-17(12-10-16)26(31)33-3)13-20(22)24(21)29-18-7-5-4-6-8-18/h4-15H,1-3H3,(H,27,30)(H,28,29). The van der Waals surface area contributed by atoms with E-state index in [9.17, 15) is 9.59 Å². The Morgan fingerprint density at radius 3 is 2.30 bits per heavy atom. The summed E-state index contributed by atoms with van der Waals surface area (Å²) in [7, 11) is 4.53. The zero-order valence-corrected chi connectivity index (χ0v) is 18.5. The van der Waals surface area contributed by atoms with E-state index in [-0.39, 0.29) is 5.91 Å². The largest absolute Gasteiger partial charge is 0.496 e. The number of amides is 1. The number of methoxy groups -OCH3 is 2. The predicted octanol–water partition coefficient (Wildman–Crippen LogP) is 4.80. The van der Waals surface area contributed by atoms with Crippen molar-refractivity contribution in [1.82, 2.24) is 10.3 Å². The second-order valence-electron chi connectivity index (χ2n) is 7.26. The van der Waals surface area contributed by atoms with Crippen LogP contribution in [0.3, 0.4) is 0 Å². The Morgan fingerprint density at radius 2 is 1.67 bits per heavy atom. The Morgan fingerprint density at radius 1 is 0.939 bits per heavy atom. The summed E-state index contributed by atoms with van der Waals surface area (Å²) >= 11 is 0. The number of anilines is 2. The van der Waals surface area contributed by atoms with Crippen LogP contribution in [0.4, 0.5) is 11.4 Å². The first-order valence-electron chi connectivity index (χ1n) is 10.3. The summed E-state index contributed by atoms with van der Waals surface area (Å²) < 4.78 is 10.4. The maximum absolute atomic E-state index is 12.6. The van der Waals surface area contributed by atoms with Crippen molar-refractivity contribution in [3.63, 3.8) is 0 Å². The molecule has 0 aliphatic rings. The lowest BCUT2D eigenvalue weighted by molar-refractivity contribution is 0.0600. The molecule has 7 nitrogen and oxygen atoms in total. The van der Waals surface area contributed by atoms with Gasteiger partial charge in [0, 0.05) is 35.9 Å². The zero-order chi connectivity index (χ0) is 23.4. The number of carbonyl (C=O) groups excluding carboxylic acids is 2. The molecule has 0 aliphatic carbocycles. The lowest BCUT2D eigenvalue weighted by atomic mass is 9.98. The highest BCUT2D eigenvalue weighted by atomic mass is 16.5. The van der Waals surface area contributed by atoms with Crippen molar-refractivity contribution in [3.05, 3.63) is 84.1 Å². The summed E-state index contributed by atoms with van der Waals surface area (Å²) in [6.07, 6.45) is 1.55. The number of fused-ring (bicyclic) bond motifs is 1. The van der Waals surface area contributed by atoms with Gasteiger partial charge in [-0.2, -0.15) is 0 Å². The number of para-hydroxylation sites is 1. The maximum atomic E-state index is 12.6. The quantitative estimate of drug-likeness (QED) is 0.418. The van der Waals surface area contributed by atoms with Crippen LogP contribution in [0.2, 0.25) is 0 Å². The van der Waals surface area contributed by atoms with E-state index in [1.165, 1.54) is 7.11 Å². The molecule has 3 aromatic carbocycles. The van der Waals surface area contributed by atoms with E-state index in [4.69, 9.17) is 9.47 Å². The van der Waals surface area contributed by atoms with Crippen molar-refractivity contribution >= 4 is 34.2 Å². The van der Waals surface area contributed by atoms with E-state index in [0.29, 0.717) is 28.1 Å². The highest BCUT2D eigenvalue weighted by molar-refractivity contribution is 6.09. The first kappa shape index (κ1) is 21.8. The second-order valence-corrected chi connectivity index (χ2v) is 7.26. The van der Waals surface area contributed by atoms with Gasteiger partial charge in [-0.1, -0.05) is 30.3 Å². The predicted molar refractivity (Wildman–Crippen MR) is 128 cm³/mol. The Hall–Kier alpha value is -4.39. The van der Waals surface area contributed by atoms with Gasteiger partial charge in [-0.15, -0.1) is 0 Å². The molecule has 0 fully saturated rings. The SMILES string of the molecule is CNC(=O)c1cnc2cc(OC)c(-c3ccc(C(=O)OC)cc3)cc2c1Nc1ccccc1. The van der Waals surface area contributed by atoms with Crippen LogP contribution in [0.1, 0.15) is 20.7 Å². The minimum atomic E-state index is -0.402. The fourth-order valence-electron chi connectivity index (χ4n) is 3.63. The van der Waals surface area contributed by atoms with Crippen LogP contribution in [0, 0.1) is 0 Å². The van der Waals surface area contributed by atoms with E-state index < -0.39 is 5.97 Å². The number of aromatic nitrogens is 1. The van der Waals surface area contributed by atoms with Gasteiger partial charge in [-0.3, -0.25) is 9.78 Å². The fraction of sp³-hybridized carbons (Fsp3) is 0.115. The van der Waals surface area contributed by atoms with Crippen molar-refractivity contribution in [2.24, 2.45) is 0 Å². The molecule has 4 aromatic rings. The van der Waals surface area contributed by atoms with Gasteiger partial charge in [-0.25, -0.2) is 4.79 Å². The molecule has 0 aliphatic heterocycles. The Bertz CT molecular complexity index is 1320. The van der Waals surface area contributed by atoms with Gasteiger partial charge < -0.3 is 20.1 Å². The monoisotopic (exact) mass is 441 g/mol. The average Bonchev–Trinajstić information content (AvgIpc) is 2.87. The topological polar surface area (TPSA) is 89.5 Å². The molecule has 0 unspecified atom stereocenters. The molecule has 166 valence electrons. The average molecular weight is 441 g/mol. The van der Waals surface area contributed by atoms with Crippen molar-refractivity contribution < 1.29 is 19.1 Å². The molecule has 0 spiro atoms. The van der Waals surface area contributed by atoms with Crippen LogP contribution in [0.15, 0.2) is 72.9 Å². The van der Waals surface area contributed by atoms with Gasteiger partial charge in [0.15, 0.2) is 0 Å². The third-order valence-electron chi connectivity index (χ3n) is 5.32. The normalized spacial score (nSPS) is 10.5. The molecule has 1 aromatic heterocycles. The summed E-state index contributed by atoms with van der Waals surface area (Å²) in [5.41, 5.74) is 4.68. The number of hydrogen-bond donors (Lipinski definition) is 2. The third kappa shape index (κ3) is 4.34. The van der Waals surface area contributed by atoms with Crippen LogP contribution < -0.4 is 15.4 Å². The smallest absolute Gasteiger partial charge is 0.337 e. The van der Waals surface area contributed by atoms with E-state index in [1.807, 2.05) is 54.6 Å². The maximum Gasteiger partial charge on any atom is 0.337 e. The number of esters is 1. The number of rotatable bonds is 6. The van der Waals surface area contributed by atoms with E-state index >= 15 is 0 Å². The Kier molecular flexibility index (Phi) is 6.22. The molecule has 1 amide bonds. The summed E-state index contributed by atoms with van der Waals surface area (Å²) in [5.74, 6) is -0.0254.